The van der Waals surface area contributed by atoms with E-state index in [0.717, 1.165) is 11.8 Å². The largest absolute Gasteiger partial charge is 0.304 e. The molecule has 0 N–H and O–H groups in total. The summed E-state index contributed by atoms with van der Waals surface area (Å²) < 4.78 is 0. The number of nitrogens with zero attached hydrogens (tertiary/aromatic N) is 1. The minimum absolute atomic E-state index is 1.11. The molecule has 0 atom stereocenters. The first kappa shape index (κ1) is 7.60. The molecule has 64 valence electrons. The van der Waals surface area contributed by atoms with E-state index in [1.54, 1.807) is 0 Å². The lowest BCUT2D eigenvalue weighted by molar-refractivity contribution is 0.180. The van der Waals surface area contributed by atoms with Gasteiger partial charge in [0.2, 0.25) is 0 Å². The fourth-order valence-electron chi connectivity index (χ4n) is 2.31. The van der Waals surface area contributed by atoms with Gasteiger partial charge in [-0.3, -0.25) is 0 Å². The molecule has 11 heavy (non-hydrogen) atoms. The van der Waals surface area contributed by atoms with Crippen molar-refractivity contribution in [2.24, 2.45) is 11.8 Å². The predicted molar refractivity (Wildman–Crippen MR) is 47.6 cm³/mol. The van der Waals surface area contributed by atoms with Crippen LogP contribution < -0.4 is 0 Å². The number of likely N-dealkylation sites (tertiary alicyclic amines) is 1. The third-order valence-electron chi connectivity index (χ3n) is 3.37. The summed E-state index contributed by atoms with van der Waals surface area (Å²) in [6.45, 7) is 6.28. The quantitative estimate of drug-likeness (QED) is 0.587. The van der Waals surface area contributed by atoms with E-state index in [9.17, 15) is 0 Å². The van der Waals surface area contributed by atoms with Crippen LogP contribution in [0.2, 0.25) is 0 Å². The molecule has 1 aliphatic carbocycles. The van der Waals surface area contributed by atoms with Crippen LogP contribution in [0.1, 0.15) is 32.6 Å². The molecule has 0 aromatic heterocycles. The second kappa shape index (κ2) is 3.14. The standard InChI is InChI=1S/C10H19N/c1-2-11-7-5-10(6-8-11)9-3-4-9/h9-10H,2-8H2,1H3. The summed E-state index contributed by atoms with van der Waals surface area (Å²) in [5, 5.41) is 0. The molecular formula is C10H19N. The van der Waals surface area contributed by atoms with Gasteiger partial charge in [0.1, 0.15) is 0 Å². The summed E-state index contributed by atoms with van der Waals surface area (Å²) in [6.07, 6.45) is 6.05. The van der Waals surface area contributed by atoms with Gasteiger partial charge in [0, 0.05) is 0 Å². The van der Waals surface area contributed by atoms with Crippen molar-refractivity contribution in [3.8, 4) is 0 Å². The van der Waals surface area contributed by atoms with Crippen LogP contribution in [-0.4, -0.2) is 24.5 Å². The molecule has 0 aromatic rings. The molecule has 1 aliphatic heterocycles. The SMILES string of the molecule is CCN1CCC(C2CC2)CC1. The first-order valence-electron chi connectivity index (χ1n) is 5.12. The molecule has 0 bridgehead atoms. The molecule has 1 heteroatoms. The number of piperidine rings is 1. The zero-order chi connectivity index (χ0) is 7.68. The molecule has 0 unspecified atom stereocenters. The third kappa shape index (κ3) is 1.76. The summed E-state index contributed by atoms with van der Waals surface area (Å²) in [5.41, 5.74) is 0. The second-order valence-corrected chi connectivity index (χ2v) is 4.11. The maximum atomic E-state index is 2.58. The lowest BCUT2D eigenvalue weighted by atomic mass is 9.92. The molecule has 1 nitrogen and oxygen atoms in total. The molecule has 1 saturated heterocycles. The minimum Gasteiger partial charge on any atom is -0.304 e. The van der Waals surface area contributed by atoms with E-state index in [-0.39, 0.29) is 0 Å². The van der Waals surface area contributed by atoms with Crippen molar-refractivity contribution in [2.45, 2.75) is 32.6 Å². The van der Waals surface area contributed by atoms with E-state index in [1.165, 1.54) is 45.3 Å². The van der Waals surface area contributed by atoms with Crippen LogP contribution in [0.15, 0.2) is 0 Å². The summed E-state index contributed by atoms with van der Waals surface area (Å²) >= 11 is 0. The molecule has 1 heterocycles. The van der Waals surface area contributed by atoms with E-state index in [4.69, 9.17) is 0 Å². The number of hydrogen-bond donors (Lipinski definition) is 0. The molecule has 1 saturated carbocycles. The van der Waals surface area contributed by atoms with Crippen LogP contribution in [0.5, 0.6) is 0 Å². The van der Waals surface area contributed by atoms with Crippen molar-refractivity contribution in [1.82, 2.24) is 4.90 Å². The fraction of sp³-hybridized carbons (Fsp3) is 1.00. The number of hydrogen-bond acceptors (Lipinski definition) is 1. The Morgan fingerprint density at radius 1 is 1.00 bits per heavy atom. The summed E-state index contributed by atoms with van der Waals surface area (Å²) in [6, 6.07) is 0. The Morgan fingerprint density at radius 3 is 2.00 bits per heavy atom. The van der Waals surface area contributed by atoms with Gasteiger partial charge in [-0.15, -0.1) is 0 Å². The monoisotopic (exact) mass is 153 g/mol. The molecule has 0 amide bonds. The average molecular weight is 153 g/mol. The van der Waals surface area contributed by atoms with Crippen LogP contribution in [0.4, 0.5) is 0 Å². The van der Waals surface area contributed by atoms with Gasteiger partial charge in [-0.1, -0.05) is 6.92 Å². The maximum Gasteiger partial charge on any atom is -0.00161 e. The third-order valence-corrected chi connectivity index (χ3v) is 3.37. The minimum atomic E-state index is 1.11. The Kier molecular flexibility index (Phi) is 2.17. The Morgan fingerprint density at radius 2 is 1.55 bits per heavy atom. The van der Waals surface area contributed by atoms with Crippen molar-refractivity contribution in [3.63, 3.8) is 0 Å². The van der Waals surface area contributed by atoms with Crippen LogP contribution >= 0.6 is 0 Å². The lowest BCUT2D eigenvalue weighted by Crippen LogP contribution is -2.33. The zero-order valence-corrected chi connectivity index (χ0v) is 7.55. The van der Waals surface area contributed by atoms with Gasteiger partial charge >= 0.3 is 0 Å². The highest BCUT2D eigenvalue weighted by Gasteiger charge is 2.32. The van der Waals surface area contributed by atoms with E-state index in [0.29, 0.717) is 0 Å². The smallest absolute Gasteiger partial charge is 0.00161 e. The van der Waals surface area contributed by atoms with E-state index >= 15 is 0 Å². The summed E-state index contributed by atoms with van der Waals surface area (Å²) in [7, 11) is 0. The van der Waals surface area contributed by atoms with Gasteiger partial charge in [0.25, 0.3) is 0 Å². The highest BCUT2D eigenvalue weighted by Crippen LogP contribution is 2.41. The number of rotatable bonds is 2. The Labute approximate surface area is 69.8 Å². The van der Waals surface area contributed by atoms with Crippen molar-refractivity contribution in [2.75, 3.05) is 19.6 Å². The lowest BCUT2D eigenvalue weighted by Gasteiger charge is -2.30. The second-order valence-electron chi connectivity index (χ2n) is 4.11. The maximum absolute atomic E-state index is 2.58. The summed E-state index contributed by atoms with van der Waals surface area (Å²) in [5.74, 6) is 2.26. The Hall–Kier alpha value is -0.0400. The first-order valence-corrected chi connectivity index (χ1v) is 5.12. The zero-order valence-electron chi connectivity index (χ0n) is 7.55. The molecule has 0 spiro atoms. The van der Waals surface area contributed by atoms with Gasteiger partial charge in [-0.05, 0) is 57.2 Å². The van der Waals surface area contributed by atoms with Crippen LogP contribution in [0.25, 0.3) is 0 Å². The molecule has 0 radical (unpaired) electrons. The van der Waals surface area contributed by atoms with Crippen LogP contribution in [0.3, 0.4) is 0 Å². The van der Waals surface area contributed by atoms with Gasteiger partial charge in [-0.25, -0.2) is 0 Å². The molecule has 0 aromatic carbocycles. The van der Waals surface area contributed by atoms with Crippen molar-refractivity contribution < 1.29 is 0 Å². The van der Waals surface area contributed by atoms with Crippen molar-refractivity contribution in [1.29, 1.82) is 0 Å². The summed E-state index contributed by atoms with van der Waals surface area (Å²) in [4.78, 5) is 2.58. The van der Waals surface area contributed by atoms with Crippen LogP contribution in [-0.2, 0) is 0 Å². The van der Waals surface area contributed by atoms with Gasteiger partial charge in [0.15, 0.2) is 0 Å². The average Bonchev–Trinajstić information content (AvgIpc) is 2.87. The van der Waals surface area contributed by atoms with E-state index < -0.39 is 0 Å². The molecule has 2 rings (SSSR count). The normalized spacial score (nSPS) is 29.2. The van der Waals surface area contributed by atoms with Gasteiger partial charge in [-0.2, -0.15) is 0 Å². The van der Waals surface area contributed by atoms with Crippen LogP contribution in [0, 0.1) is 11.8 Å². The Bertz CT molecular complexity index is 121. The predicted octanol–water partition coefficient (Wildman–Crippen LogP) is 2.13. The highest BCUT2D eigenvalue weighted by atomic mass is 15.1. The molecular weight excluding hydrogens is 134 g/mol. The van der Waals surface area contributed by atoms with Gasteiger partial charge in [0.05, 0.1) is 0 Å². The topological polar surface area (TPSA) is 3.24 Å². The van der Waals surface area contributed by atoms with E-state index in [1.807, 2.05) is 0 Å². The van der Waals surface area contributed by atoms with E-state index in [2.05, 4.69) is 11.8 Å². The van der Waals surface area contributed by atoms with Crippen molar-refractivity contribution >= 4 is 0 Å². The van der Waals surface area contributed by atoms with Crippen molar-refractivity contribution in [3.05, 3.63) is 0 Å². The fourth-order valence-corrected chi connectivity index (χ4v) is 2.31. The molecule has 2 fully saturated rings. The first-order chi connectivity index (χ1) is 5.40. The highest BCUT2D eigenvalue weighted by molar-refractivity contribution is 4.84. The van der Waals surface area contributed by atoms with Gasteiger partial charge < -0.3 is 4.90 Å². The Balaban J connectivity index is 1.75. The molecule has 2 aliphatic rings.